The topological polar surface area (TPSA) is 59.4 Å². The van der Waals surface area contributed by atoms with E-state index >= 15 is 0 Å². The Morgan fingerprint density at radius 3 is 2.60 bits per heavy atom. The van der Waals surface area contributed by atoms with Crippen LogP contribution < -0.4 is 4.74 Å². The van der Waals surface area contributed by atoms with Gasteiger partial charge in [0.2, 0.25) is 5.88 Å². The maximum Gasteiger partial charge on any atom is 0.379 e. The van der Waals surface area contributed by atoms with Crippen molar-refractivity contribution in [2.45, 2.75) is 12.8 Å². The Morgan fingerprint density at radius 1 is 1.60 bits per heavy atom. The highest BCUT2D eigenvalue weighted by molar-refractivity contribution is 5.77. The molecule has 0 saturated carbocycles. The number of aromatic nitrogens is 1. The van der Waals surface area contributed by atoms with Gasteiger partial charge in [0, 0.05) is 11.8 Å². The molecule has 0 saturated heterocycles. The number of methoxy groups -OCH3 is 1. The van der Waals surface area contributed by atoms with E-state index in [1.165, 1.54) is 14.0 Å². The Balaban J connectivity index is 3.18. The molecule has 0 fully saturated rings. The van der Waals surface area contributed by atoms with Gasteiger partial charge < -0.3 is 9.84 Å². The van der Waals surface area contributed by atoms with Crippen LogP contribution >= 0.6 is 0 Å². The van der Waals surface area contributed by atoms with Gasteiger partial charge in [0.25, 0.3) is 0 Å². The van der Waals surface area contributed by atoms with E-state index in [0.29, 0.717) is 5.56 Å². The van der Waals surface area contributed by atoms with Gasteiger partial charge in [0.05, 0.1) is 12.7 Å². The predicted molar refractivity (Wildman–Crippen MR) is 47.1 cm³/mol. The zero-order valence-corrected chi connectivity index (χ0v) is 8.12. The molecule has 0 aliphatic carbocycles. The molecule has 0 unspecified atom stereocenters. The minimum atomic E-state index is -3.93. The van der Waals surface area contributed by atoms with Crippen LogP contribution in [0.25, 0.3) is 0 Å². The van der Waals surface area contributed by atoms with Crippen LogP contribution in [0, 0.1) is 6.92 Å². The van der Waals surface area contributed by atoms with Crippen LogP contribution in [-0.4, -0.2) is 23.2 Å². The van der Waals surface area contributed by atoms with Crippen molar-refractivity contribution in [1.82, 2.24) is 4.98 Å². The first-order valence-corrected chi connectivity index (χ1v) is 4.02. The molecule has 4 nitrogen and oxygen atoms in total. The third-order valence-corrected chi connectivity index (χ3v) is 1.85. The predicted octanol–water partition coefficient (Wildman–Crippen LogP) is 1.58. The standard InChI is InChI=1S/C9H9F2NO3/c1-5-3-6(4-12-7(5)15-2)9(10,11)8(13)14/h3-4H,1-2H3,(H,13,14). The van der Waals surface area contributed by atoms with Gasteiger partial charge in [-0.05, 0) is 13.0 Å². The van der Waals surface area contributed by atoms with Crippen LogP contribution in [0.5, 0.6) is 5.88 Å². The maximum absolute atomic E-state index is 13.0. The van der Waals surface area contributed by atoms with E-state index < -0.39 is 17.5 Å². The lowest BCUT2D eigenvalue weighted by Crippen LogP contribution is -2.25. The van der Waals surface area contributed by atoms with Gasteiger partial charge in [-0.3, -0.25) is 0 Å². The molecule has 0 bridgehead atoms. The van der Waals surface area contributed by atoms with Gasteiger partial charge in [-0.25, -0.2) is 9.78 Å². The van der Waals surface area contributed by atoms with E-state index in [1.54, 1.807) is 0 Å². The Morgan fingerprint density at radius 2 is 2.20 bits per heavy atom. The number of pyridine rings is 1. The lowest BCUT2D eigenvalue weighted by Gasteiger charge is -2.12. The van der Waals surface area contributed by atoms with Gasteiger partial charge >= 0.3 is 11.9 Å². The Hall–Kier alpha value is -1.72. The molecule has 0 spiro atoms. The molecule has 1 heterocycles. The first-order valence-electron chi connectivity index (χ1n) is 4.02. The fourth-order valence-electron chi connectivity index (χ4n) is 1.07. The quantitative estimate of drug-likeness (QED) is 0.834. The summed E-state index contributed by atoms with van der Waals surface area (Å²) in [5, 5.41) is 8.30. The van der Waals surface area contributed by atoms with E-state index in [4.69, 9.17) is 9.84 Å². The van der Waals surface area contributed by atoms with Gasteiger partial charge in [0.1, 0.15) is 0 Å². The fourth-order valence-corrected chi connectivity index (χ4v) is 1.07. The third kappa shape index (κ3) is 2.03. The monoisotopic (exact) mass is 217 g/mol. The molecule has 0 amide bonds. The van der Waals surface area contributed by atoms with Crippen LogP contribution in [-0.2, 0) is 10.7 Å². The van der Waals surface area contributed by atoms with Crippen molar-refractivity contribution in [1.29, 1.82) is 0 Å². The summed E-state index contributed by atoms with van der Waals surface area (Å²) >= 11 is 0. The van der Waals surface area contributed by atoms with Crippen LogP contribution in [0.3, 0.4) is 0 Å². The third-order valence-electron chi connectivity index (χ3n) is 1.85. The molecule has 1 aromatic rings. The van der Waals surface area contributed by atoms with E-state index in [9.17, 15) is 13.6 Å². The summed E-state index contributed by atoms with van der Waals surface area (Å²) in [4.78, 5) is 13.9. The van der Waals surface area contributed by atoms with E-state index in [2.05, 4.69) is 4.98 Å². The summed E-state index contributed by atoms with van der Waals surface area (Å²) in [6.45, 7) is 1.51. The first-order chi connectivity index (χ1) is 6.89. The van der Waals surface area contributed by atoms with Gasteiger partial charge in [-0.15, -0.1) is 0 Å². The van der Waals surface area contributed by atoms with Crippen molar-refractivity contribution in [3.8, 4) is 5.88 Å². The minimum absolute atomic E-state index is 0.194. The molecule has 0 radical (unpaired) electrons. The summed E-state index contributed by atoms with van der Waals surface area (Å²) in [7, 11) is 1.35. The maximum atomic E-state index is 13.0. The van der Waals surface area contributed by atoms with Crippen LogP contribution in [0.4, 0.5) is 8.78 Å². The number of carbonyl (C=O) groups is 1. The molecule has 82 valence electrons. The number of nitrogens with zero attached hydrogens (tertiary/aromatic N) is 1. The summed E-state index contributed by atoms with van der Waals surface area (Å²) in [6.07, 6.45) is 0.792. The number of alkyl halides is 2. The van der Waals surface area contributed by atoms with Crippen molar-refractivity contribution in [3.63, 3.8) is 0 Å². The summed E-state index contributed by atoms with van der Waals surface area (Å²) in [5.41, 5.74) is -0.302. The van der Waals surface area contributed by atoms with Crippen molar-refractivity contribution in [2.24, 2.45) is 0 Å². The lowest BCUT2D eigenvalue weighted by molar-refractivity contribution is -0.166. The number of carboxylic acids is 1. The Kier molecular flexibility index (Phi) is 2.88. The number of ether oxygens (including phenoxy) is 1. The van der Waals surface area contributed by atoms with Gasteiger partial charge in [-0.2, -0.15) is 8.78 Å². The zero-order chi connectivity index (χ0) is 11.6. The second-order valence-corrected chi connectivity index (χ2v) is 2.93. The average molecular weight is 217 g/mol. The second kappa shape index (κ2) is 3.80. The number of hydrogen-bond acceptors (Lipinski definition) is 3. The Bertz CT molecular complexity index is 393. The molecule has 0 atom stereocenters. The highest BCUT2D eigenvalue weighted by Gasteiger charge is 2.41. The van der Waals surface area contributed by atoms with Crippen molar-refractivity contribution in [2.75, 3.05) is 7.11 Å². The van der Waals surface area contributed by atoms with Crippen molar-refractivity contribution in [3.05, 3.63) is 23.4 Å². The molecule has 0 aliphatic heterocycles. The Labute approximate surface area is 84.5 Å². The largest absolute Gasteiger partial charge is 0.481 e. The normalized spacial score (nSPS) is 11.2. The average Bonchev–Trinajstić information content (AvgIpc) is 2.17. The smallest absolute Gasteiger partial charge is 0.379 e. The molecule has 1 N–H and O–H groups in total. The SMILES string of the molecule is COc1ncc(C(F)(F)C(=O)O)cc1C. The number of rotatable bonds is 3. The highest BCUT2D eigenvalue weighted by atomic mass is 19.3. The molecular weight excluding hydrogens is 208 g/mol. The molecule has 6 heteroatoms. The van der Waals surface area contributed by atoms with Gasteiger partial charge in [0.15, 0.2) is 0 Å². The van der Waals surface area contributed by atoms with Crippen LogP contribution in [0.15, 0.2) is 12.3 Å². The molecular formula is C9H9F2NO3. The molecule has 1 aromatic heterocycles. The van der Waals surface area contributed by atoms with Gasteiger partial charge in [-0.1, -0.05) is 0 Å². The number of hydrogen-bond donors (Lipinski definition) is 1. The summed E-state index contributed by atoms with van der Waals surface area (Å²) in [5.74, 6) is -5.93. The second-order valence-electron chi connectivity index (χ2n) is 2.93. The fraction of sp³-hybridized carbons (Fsp3) is 0.333. The summed E-state index contributed by atoms with van der Waals surface area (Å²) < 4.78 is 30.8. The summed E-state index contributed by atoms with van der Waals surface area (Å²) in [6, 6.07) is 1.04. The molecule has 0 aromatic carbocycles. The van der Waals surface area contributed by atoms with Crippen molar-refractivity contribution >= 4 is 5.97 Å². The van der Waals surface area contributed by atoms with E-state index in [1.807, 2.05) is 0 Å². The van der Waals surface area contributed by atoms with E-state index in [-0.39, 0.29) is 5.88 Å². The number of aryl methyl sites for hydroxylation is 1. The molecule has 1 rings (SSSR count). The zero-order valence-electron chi connectivity index (χ0n) is 8.12. The first kappa shape index (κ1) is 11.4. The number of aliphatic carboxylic acids is 1. The van der Waals surface area contributed by atoms with Crippen LogP contribution in [0.2, 0.25) is 0 Å². The minimum Gasteiger partial charge on any atom is -0.481 e. The van der Waals surface area contributed by atoms with Crippen LogP contribution in [0.1, 0.15) is 11.1 Å². The number of halogens is 2. The molecule has 0 aliphatic rings. The number of carboxylic acid groups (broad SMARTS) is 1. The lowest BCUT2D eigenvalue weighted by atomic mass is 10.1. The molecule has 15 heavy (non-hydrogen) atoms. The van der Waals surface area contributed by atoms with Crippen molar-refractivity contribution < 1.29 is 23.4 Å². The van der Waals surface area contributed by atoms with E-state index in [0.717, 1.165) is 12.3 Å². The highest BCUT2D eigenvalue weighted by Crippen LogP contribution is 2.29.